The van der Waals surface area contributed by atoms with Gasteiger partial charge in [-0.25, -0.2) is 0 Å². The van der Waals surface area contributed by atoms with Gasteiger partial charge in [-0.15, -0.1) is 0 Å². The van der Waals surface area contributed by atoms with E-state index in [1.54, 1.807) is 0 Å². The molecule has 3 nitrogen and oxygen atoms in total. The highest BCUT2D eigenvalue weighted by Gasteiger charge is 2.00. The lowest BCUT2D eigenvalue weighted by Crippen LogP contribution is -2.15. The van der Waals surface area contributed by atoms with Crippen LogP contribution in [0.4, 0.5) is 0 Å². The molecule has 0 spiro atoms. The van der Waals surface area contributed by atoms with E-state index in [0.29, 0.717) is 0 Å². The van der Waals surface area contributed by atoms with E-state index in [-0.39, 0.29) is 0 Å². The molecule has 0 radical (unpaired) electrons. The lowest BCUT2D eigenvalue weighted by molar-refractivity contribution is 0.281. The Morgan fingerprint density at radius 1 is 1.21 bits per heavy atom. The van der Waals surface area contributed by atoms with Crippen molar-refractivity contribution in [3.8, 4) is 5.75 Å². The largest absolute Gasteiger partial charge is 0.493 e. The highest BCUT2D eigenvalue weighted by atomic mass is 16.5. The van der Waals surface area contributed by atoms with E-state index in [2.05, 4.69) is 37.0 Å². The third-order valence-corrected chi connectivity index (χ3v) is 2.80. The summed E-state index contributed by atoms with van der Waals surface area (Å²) < 4.78 is 5.83. The van der Waals surface area contributed by atoms with Crippen molar-refractivity contribution < 1.29 is 4.74 Å². The average Bonchev–Trinajstić information content (AvgIpc) is 2.41. The molecule has 0 amide bonds. The predicted octanol–water partition coefficient (Wildman–Crippen LogP) is 3.24. The van der Waals surface area contributed by atoms with Crippen LogP contribution in [0.2, 0.25) is 0 Å². The van der Waals surface area contributed by atoms with E-state index in [0.717, 1.165) is 43.9 Å². The minimum Gasteiger partial charge on any atom is -0.493 e. The van der Waals surface area contributed by atoms with Crippen molar-refractivity contribution in [2.45, 2.75) is 26.2 Å². The summed E-state index contributed by atoms with van der Waals surface area (Å²) in [5.41, 5.74) is 1.07. The maximum Gasteiger partial charge on any atom is 0.128 e. The highest BCUT2D eigenvalue weighted by Crippen LogP contribution is 2.16. The molecule has 0 N–H and O–H groups in total. The zero-order valence-electron chi connectivity index (χ0n) is 12.4. The van der Waals surface area contributed by atoms with E-state index in [9.17, 15) is 0 Å². The number of hydrogen-bond acceptors (Lipinski definition) is 3. The number of nitrogens with zero attached hydrogens (tertiary/aromatic N) is 2. The van der Waals surface area contributed by atoms with E-state index in [4.69, 9.17) is 4.74 Å². The lowest BCUT2D eigenvalue weighted by atomic mass is 10.2. The summed E-state index contributed by atoms with van der Waals surface area (Å²) in [5.74, 6) is 0.932. The molecule has 1 rings (SSSR count). The smallest absolute Gasteiger partial charge is 0.128 e. The van der Waals surface area contributed by atoms with Gasteiger partial charge in [-0.1, -0.05) is 25.5 Å². The molecule has 19 heavy (non-hydrogen) atoms. The van der Waals surface area contributed by atoms with Crippen LogP contribution >= 0.6 is 0 Å². The molecule has 0 aliphatic carbocycles. The standard InChI is InChI=1S/C16H26N2O/c1-4-5-11-17-14-15-9-6-7-10-16(15)19-13-8-12-18(2)3/h6-7,9-10,14H,4-5,8,11-13H2,1-3H3. The van der Waals surface area contributed by atoms with Gasteiger partial charge in [-0.2, -0.15) is 0 Å². The van der Waals surface area contributed by atoms with Crippen LogP contribution in [-0.2, 0) is 0 Å². The fraction of sp³-hybridized carbons (Fsp3) is 0.562. The van der Waals surface area contributed by atoms with Crippen molar-refractivity contribution in [1.29, 1.82) is 0 Å². The Bertz CT molecular complexity index is 375. The van der Waals surface area contributed by atoms with Gasteiger partial charge < -0.3 is 9.64 Å². The van der Waals surface area contributed by atoms with Gasteiger partial charge in [0.15, 0.2) is 0 Å². The van der Waals surface area contributed by atoms with Gasteiger partial charge in [0.25, 0.3) is 0 Å². The third-order valence-electron chi connectivity index (χ3n) is 2.80. The second kappa shape index (κ2) is 9.56. The molecule has 0 heterocycles. The van der Waals surface area contributed by atoms with Crippen LogP contribution < -0.4 is 4.74 Å². The van der Waals surface area contributed by atoms with Crippen LogP contribution in [0.15, 0.2) is 29.3 Å². The second-order valence-corrected chi connectivity index (χ2v) is 4.93. The Kier molecular flexibility index (Phi) is 7.91. The van der Waals surface area contributed by atoms with Gasteiger partial charge in [0.05, 0.1) is 6.61 Å². The molecule has 1 aromatic carbocycles. The Balaban J connectivity index is 2.46. The van der Waals surface area contributed by atoms with E-state index >= 15 is 0 Å². The molecule has 0 saturated carbocycles. The summed E-state index contributed by atoms with van der Waals surface area (Å²) in [5, 5.41) is 0. The minimum atomic E-state index is 0.748. The van der Waals surface area contributed by atoms with E-state index in [1.165, 1.54) is 6.42 Å². The van der Waals surface area contributed by atoms with Crippen molar-refractivity contribution in [2.75, 3.05) is 33.8 Å². The first kappa shape index (κ1) is 15.7. The zero-order chi connectivity index (χ0) is 13.9. The molecule has 0 aromatic heterocycles. The summed E-state index contributed by atoms with van der Waals surface area (Å²) in [6.45, 7) is 4.87. The molecule has 0 aliphatic heterocycles. The SMILES string of the molecule is CCCCN=Cc1ccccc1OCCCN(C)C. The van der Waals surface area contributed by atoms with Crippen LogP contribution in [0, 0.1) is 0 Å². The molecule has 0 saturated heterocycles. The molecular formula is C16H26N2O. The predicted molar refractivity (Wildman–Crippen MR) is 82.5 cm³/mol. The summed E-state index contributed by atoms with van der Waals surface area (Å²) in [6, 6.07) is 8.09. The van der Waals surface area contributed by atoms with Crippen LogP contribution in [0.1, 0.15) is 31.7 Å². The summed E-state index contributed by atoms with van der Waals surface area (Å²) in [4.78, 5) is 6.60. The Morgan fingerprint density at radius 3 is 2.74 bits per heavy atom. The topological polar surface area (TPSA) is 24.8 Å². The third kappa shape index (κ3) is 6.97. The van der Waals surface area contributed by atoms with Crippen LogP contribution in [0.5, 0.6) is 5.75 Å². The lowest BCUT2D eigenvalue weighted by Gasteiger charge is -2.11. The summed E-state index contributed by atoms with van der Waals surface area (Å²) >= 11 is 0. The summed E-state index contributed by atoms with van der Waals surface area (Å²) in [6.07, 6.45) is 5.29. The normalized spacial score (nSPS) is 11.4. The van der Waals surface area contributed by atoms with Gasteiger partial charge in [-0.05, 0) is 39.1 Å². The van der Waals surface area contributed by atoms with Gasteiger partial charge in [-0.3, -0.25) is 4.99 Å². The van der Waals surface area contributed by atoms with Gasteiger partial charge in [0, 0.05) is 24.9 Å². The maximum absolute atomic E-state index is 5.83. The van der Waals surface area contributed by atoms with Gasteiger partial charge >= 0.3 is 0 Å². The van der Waals surface area contributed by atoms with E-state index < -0.39 is 0 Å². The first-order valence-electron chi connectivity index (χ1n) is 7.10. The molecule has 0 aliphatic rings. The minimum absolute atomic E-state index is 0.748. The number of hydrogen-bond donors (Lipinski definition) is 0. The molecule has 1 aromatic rings. The Labute approximate surface area is 117 Å². The van der Waals surface area contributed by atoms with Gasteiger partial charge in [0.1, 0.15) is 5.75 Å². The van der Waals surface area contributed by atoms with Crippen molar-refractivity contribution in [3.05, 3.63) is 29.8 Å². The Morgan fingerprint density at radius 2 is 2.00 bits per heavy atom. The highest BCUT2D eigenvalue weighted by molar-refractivity contribution is 5.83. The first-order valence-corrected chi connectivity index (χ1v) is 7.10. The van der Waals surface area contributed by atoms with E-state index in [1.807, 2.05) is 24.4 Å². The van der Waals surface area contributed by atoms with Crippen molar-refractivity contribution in [3.63, 3.8) is 0 Å². The number of ether oxygens (including phenoxy) is 1. The fourth-order valence-electron chi connectivity index (χ4n) is 1.69. The number of para-hydroxylation sites is 1. The van der Waals surface area contributed by atoms with Gasteiger partial charge in [0.2, 0.25) is 0 Å². The first-order chi connectivity index (χ1) is 9.24. The molecule has 0 fully saturated rings. The zero-order valence-corrected chi connectivity index (χ0v) is 12.4. The molecule has 3 heteroatoms. The molecule has 0 unspecified atom stereocenters. The van der Waals surface area contributed by atoms with Crippen molar-refractivity contribution in [1.82, 2.24) is 4.90 Å². The van der Waals surface area contributed by atoms with Crippen LogP contribution in [-0.4, -0.2) is 44.9 Å². The van der Waals surface area contributed by atoms with Crippen molar-refractivity contribution >= 4 is 6.21 Å². The van der Waals surface area contributed by atoms with Crippen LogP contribution in [0.3, 0.4) is 0 Å². The maximum atomic E-state index is 5.83. The molecule has 106 valence electrons. The molecular weight excluding hydrogens is 236 g/mol. The number of unbranched alkanes of at least 4 members (excludes halogenated alkanes) is 1. The Hall–Kier alpha value is -1.35. The van der Waals surface area contributed by atoms with Crippen molar-refractivity contribution in [2.24, 2.45) is 4.99 Å². The number of benzene rings is 1. The second-order valence-electron chi connectivity index (χ2n) is 4.93. The quantitative estimate of drug-likeness (QED) is 0.504. The molecule has 0 atom stereocenters. The average molecular weight is 262 g/mol. The monoisotopic (exact) mass is 262 g/mol. The fourth-order valence-corrected chi connectivity index (χ4v) is 1.69. The number of rotatable bonds is 9. The van der Waals surface area contributed by atoms with Crippen LogP contribution in [0.25, 0.3) is 0 Å². The molecule has 0 bridgehead atoms. The number of aliphatic imine (C=N–C) groups is 1. The summed E-state index contributed by atoms with van der Waals surface area (Å²) in [7, 11) is 4.16.